The number of nitrogens with two attached hydrogens (primary N) is 1. The molecule has 0 saturated heterocycles. The van der Waals surface area contributed by atoms with E-state index in [-0.39, 0.29) is 6.42 Å². The van der Waals surface area contributed by atoms with Crippen molar-refractivity contribution < 1.29 is 9.90 Å². The van der Waals surface area contributed by atoms with Gasteiger partial charge in [-0.15, -0.1) is 0 Å². The third-order valence-corrected chi connectivity index (χ3v) is 2.11. The standard InChI is InChI=1S/C9H10N4O2/c10-7(9(14)15)3-6-1-2-8-11-5-12-13(8)4-6/h1-2,4-5,7H,3,10H2,(H,14,15). The Labute approximate surface area is 85.3 Å². The molecule has 78 valence electrons. The summed E-state index contributed by atoms with van der Waals surface area (Å²) in [4.78, 5) is 14.5. The van der Waals surface area contributed by atoms with Crippen molar-refractivity contribution in [2.75, 3.05) is 0 Å². The Kier molecular flexibility index (Phi) is 2.34. The van der Waals surface area contributed by atoms with Crippen LogP contribution >= 0.6 is 0 Å². The predicted octanol–water partition coefficient (Wildman–Crippen LogP) is -0.316. The van der Waals surface area contributed by atoms with Gasteiger partial charge in [-0.2, -0.15) is 5.10 Å². The molecule has 1 atom stereocenters. The van der Waals surface area contributed by atoms with E-state index in [4.69, 9.17) is 10.8 Å². The fourth-order valence-corrected chi connectivity index (χ4v) is 1.32. The molecule has 0 spiro atoms. The highest BCUT2D eigenvalue weighted by molar-refractivity contribution is 5.73. The molecule has 3 N–H and O–H groups in total. The van der Waals surface area contributed by atoms with Crippen LogP contribution in [0.15, 0.2) is 24.7 Å². The van der Waals surface area contributed by atoms with E-state index in [9.17, 15) is 4.79 Å². The van der Waals surface area contributed by atoms with Gasteiger partial charge in [-0.3, -0.25) is 4.79 Å². The van der Waals surface area contributed by atoms with Gasteiger partial charge in [0, 0.05) is 6.20 Å². The monoisotopic (exact) mass is 206 g/mol. The van der Waals surface area contributed by atoms with Crippen molar-refractivity contribution in [3.8, 4) is 0 Å². The first kappa shape index (κ1) is 9.60. The van der Waals surface area contributed by atoms with E-state index >= 15 is 0 Å². The number of rotatable bonds is 3. The quantitative estimate of drug-likeness (QED) is 0.718. The van der Waals surface area contributed by atoms with Gasteiger partial charge in [-0.25, -0.2) is 9.50 Å². The molecule has 0 fully saturated rings. The van der Waals surface area contributed by atoms with Gasteiger partial charge in [0.2, 0.25) is 0 Å². The van der Waals surface area contributed by atoms with E-state index in [1.165, 1.54) is 6.33 Å². The van der Waals surface area contributed by atoms with Crippen LogP contribution in [-0.2, 0) is 11.2 Å². The van der Waals surface area contributed by atoms with Gasteiger partial charge in [0.05, 0.1) is 0 Å². The molecular weight excluding hydrogens is 196 g/mol. The first-order valence-electron chi connectivity index (χ1n) is 4.43. The number of pyridine rings is 1. The topological polar surface area (TPSA) is 93.5 Å². The Morgan fingerprint density at radius 2 is 2.40 bits per heavy atom. The Hall–Kier alpha value is -1.95. The number of hydrogen-bond donors (Lipinski definition) is 2. The van der Waals surface area contributed by atoms with Crippen LogP contribution < -0.4 is 5.73 Å². The Morgan fingerprint density at radius 3 is 3.13 bits per heavy atom. The summed E-state index contributed by atoms with van der Waals surface area (Å²) in [5.74, 6) is -1.01. The van der Waals surface area contributed by atoms with Crippen molar-refractivity contribution in [1.29, 1.82) is 0 Å². The molecule has 0 amide bonds. The molecule has 0 saturated carbocycles. The number of hydrogen-bond acceptors (Lipinski definition) is 4. The van der Waals surface area contributed by atoms with Crippen molar-refractivity contribution in [2.24, 2.45) is 5.73 Å². The van der Waals surface area contributed by atoms with Crippen LogP contribution in [0.4, 0.5) is 0 Å². The van der Waals surface area contributed by atoms with Gasteiger partial charge < -0.3 is 10.8 Å². The Balaban J connectivity index is 2.24. The van der Waals surface area contributed by atoms with E-state index < -0.39 is 12.0 Å². The minimum atomic E-state index is -1.01. The summed E-state index contributed by atoms with van der Waals surface area (Å²) in [6, 6.07) is 2.69. The number of carboxylic acids is 1. The van der Waals surface area contributed by atoms with E-state index in [1.807, 2.05) is 0 Å². The van der Waals surface area contributed by atoms with Crippen LogP contribution in [0.25, 0.3) is 5.65 Å². The maximum Gasteiger partial charge on any atom is 0.320 e. The van der Waals surface area contributed by atoms with Crippen molar-refractivity contribution in [2.45, 2.75) is 12.5 Å². The van der Waals surface area contributed by atoms with Crippen LogP contribution in [0.2, 0.25) is 0 Å². The van der Waals surface area contributed by atoms with Gasteiger partial charge >= 0.3 is 5.97 Å². The van der Waals surface area contributed by atoms with Crippen LogP contribution in [-0.4, -0.2) is 31.7 Å². The summed E-state index contributed by atoms with van der Waals surface area (Å²) < 4.78 is 1.59. The fraction of sp³-hybridized carbons (Fsp3) is 0.222. The molecule has 0 radical (unpaired) electrons. The zero-order valence-corrected chi connectivity index (χ0v) is 7.87. The highest BCUT2D eigenvalue weighted by Crippen LogP contribution is 2.05. The van der Waals surface area contributed by atoms with Gasteiger partial charge in [0.25, 0.3) is 0 Å². The average Bonchev–Trinajstić information content (AvgIpc) is 2.64. The first-order valence-corrected chi connectivity index (χ1v) is 4.43. The lowest BCUT2D eigenvalue weighted by atomic mass is 10.1. The minimum Gasteiger partial charge on any atom is -0.480 e. The molecule has 2 aromatic heterocycles. The smallest absolute Gasteiger partial charge is 0.320 e. The highest BCUT2D eigenvalue weighted by atomic mass is 16.4. The van der Waals surface area contributed by atoms with Gasteiger partial charge in [-0.1, -0.05) is 6.07 Å². The van der Waals surface area contributed by atoms with Gasteiger partial charge in [-0.05, 0) is 18.1 Å². The summed E-state index contributed by atoms with van der Waals surface area (Å²) in [6.07, 6.45) is 3.45. The van der Waals surface area contributed by atoms with Crippen molar-refractivity contribution in [3.05, 3.63) is 30.2 Å². The van der Waals surface area contributed by atoms with Crippen molar-refractivity contribution in [3.63, 3.8) is 0 Å². The summed E-state index contributed by atoms with van der Waals surface area (Å²) in [6.45, 7) is 0. The highest BCUT2D eigenvalue weighted by Gasteiger charge is 2.12. The lowest BCUT2D eigenvalue weighted by Gasteiger charge is -2.05. The summed E-state index contributed by atoms with van der Waals surface area (Å²) in [7, 11) is 0. The second kappa shape index (κ2) is 3.66. The largest absolute Gasteiger partial charge is 0.480 e. The summed E-state index contributed by atoms with van der Waals surface area (Å²) in [5.41, 5.74) is 6.97. The zero-order chi connectivity index (χ0) is 10.8. The number of nitrogens with zero attached hydrogens (tertiary/aromatic N) is 3. The van der Waals surface area contributed by atoms with Gasteiger partial charge in [0.15, 0.2) is 5.65 Å². The lowest BCUT2D eigenvalue weighted by Crippen LogP contribution is -2.32. The summed E-state index contributed by atoms with van der Waals surface area (Å²) >= 11 is 0. The number of carbonyl (C=O) groups is 1. The van der Waals surface area contributed by atoms with Crippen molar-refractivity contribution in [1.82, 2.24) is 14.6 Å². The molecular formula is C9H10N4O2. The fourth-order valence-electron chi connectivity index (χ4n) is 1.32. The number of carboxylic acid groups (broad SMARTS) is 1. The zero-order valence-electron chi connectivity index (χ0n) is 7.87. The molecule has 0 aromatic carbocycles. The molecule has 0 aliphatic heterocycles. The lowest BCUT2D eigenvalue weighted by molar-refractivity contribution is -0.138. The third-order valence-electron chi connectivity index (χ3n) is 2.11. The molecule has 6 nitrogen and oxygen atoms in total. The van der Waals surface area contributed by atoms with E-state index in [2.05, 4.69) is 10.1 Å². The maximum atomic E-state index is 10.6. The van der Waals surface area contributed by atoms with E-state index in [0.717, 1.165) is 11.2 Å². The van der Waals surface area contributed by atoms with E-state index in [0.29, 0.717) is 0 Å². The SMILES string of the molecule is NC(Cc1ccc2ncnn2c1)C(=O)O. The van der Waals surface area contributed by atoms with Crippen LogP contribution in [0, 0.1) is 0 Å². The number of fused-ring (bicyclic) bond motifs is 1. The number of aliphatic carboxylic acids is 1. The average molecular weight is 206 g/mol. The van der Waals surface area contributed by atoms with Crippen LogP contribution in [0.3, 0.4) is 0 Å². The second-order valence-corrected chi connectivity index (χ2v) is 3.25. The minimum absolute atomic E-state index is 0.283. The van der Waals surface area contributed by atoms with Crippen LogP contribution in [0.5, 0.6) is 0 Å². The molecule has 15 heavy (non-hydrogen) atoms. The normalized spacial score (nSPS) is 12.9. The molecule has 2 rings (SSSR count). The molecule has 2 aromatic rings. The molecule has 2 heterocycles. The Morgan fingerprint density at radius 1 is 1.60 bits per heavy atom. The third kappa shape index (κ3) is 1.94. The summed E-state index contributed by atoms with van der Waals surface area (Å²) in [5, 5.41) is 12.6. The number of aromatic nitrogens is 3. The van der Waals surface area contributed by atoms with E-state index in [1.54, 1.807) is 22.8 Å². The van der Waals surface area contributed by atoms with Gasteiger partial charge in [0.1, 0.15) is 12.4 Å². The molecule has 1 unspecified atom stereocenters. The first-order chi connectivity index (χ1) is 7.16. The van der Waals surface area contributed by atoms with Crippen molar-refractivity contribution >= 4 is 11.6 Å². The molecule has 6 heteroatoms. The van der Waals surface area contributed by atoms with Crippen LogP contribution in [0.1, 0.15) is 5.56 Å². The predicted molar refractivity (Wildman–Crippen MR) is 52.3 cm³/mol. The molecule has 0 bridgehead atoms. The Bertz CT molecular complexity index is 494. The maximum absolute atomic E-state index is 10.6. The molecule has 0 aliphatic carbocycles. The molecule has 0 aliphatic rings. The second-order valence-electron chi connectivity index (χ2n) is 3.25.